The van der Waals surface area contributed by atoms with E-state index < -0.39 is 5.82 Å². The van der Waals surface area contributed by atoms with Crippen molar-refractivity contribution in [2.24, 2.45) is 0 Å². The van der Waals surface area contributed by atoms with Crippen LogP contribution in [0.5, 0.6) is 0 Å². The molecular formula is C14H12ClFN2O. The minimum atomic E-state index is -0.414. The Balaban J connectivity index is 2.05. The minimum absolute atomic E-state index is 0.0147. The van der Waals surface area contributed by atoms with Gasteiger partial charge in [0.15, 0.2) is 0 Å². The van der Waals surface area contributed by atoms with E-state index in [4.69, 9.17) is 17.3 Å². The third-order valence-corrected chi connectivity index (χ3v) is 3.00. The number of hydrogen-bond acceptors (Lipinski definition) is 3. The third-order valence-electron chi connectivity index (χ3n) is 2.65. The fourth-order valence-corrected chi connectivity index (χ4v) is 2.01. The summed E-state index contributed by atoms with van der Waals surface area (Å²) in [5.41, 5.74) is 6.96. The number of halogens is 2. The van der Waals surface area contributed by atoms with Crippen LogP contribution in [0.25, 0.3) is 0 Å². The average molecular weight is 279 g/mol. The molecule has 0 saturated carbocycles. The molecule has 1 heterocycles. The van der Waals surface area contributed by atoms with Crippen molar-refractivity contribution >= 4 is 23.2 Å². The van der Waals surface area contributed by atoms with Gasteiger partial charge in [-0.05, 0) is 35.4 Å². The number of nitrogen functional groups attached to an aromatic ring is 1. The van der Waals surface area contributed by atoms with Crippen LogP contribution in [0.2, 0.25) is 5.02 Å². The van der Waals surface area contributed by atoms with Gasteiger partial charge in [-0.3, -0.25) is 4.79 Å². The Morgan fingerprint density at radius 2 is 2.05 bits per heavy atom. The largest absolute Gasteiger partial charge is 0.384 e. The zero-order valence-corrected chi connectivity index (χ0v) is 10.8. The number of benzene rings is 1. The molecule has 0 aliphatic heterocycles. The highest BCUT2D eigenvalue weighted by atomic mass is 35.5. The molecule has 0 aliphatic carbocycles. The highest BCUT2D eigenvalue weighted by Crippen LogP contribution is 2.18. The molecule has 0 saturated heterocycles. The second-order valence-corrected chi connectivity index (χ2v) is 4.62. The van der Waals surface area contributed by atoms with Crippen LogP contribution in [0.1, 0.15) is 11.1 Å². The van der Waals surface area contributed by atoms with Crippen LogP contribution < -0.4 is 5.73 Å². The maximum absolute atomic E-state index is 12.9. The summed E-state index contributed by atoms with van der Waals surface area (Å²) in [4.78, 5) is 15.8. The van der Waals surface area contributed by atoms with E-state index in [9.17, 15) is 9.18 Å². The van der Waals surface area contributed by atoms with Gasteiger partial charge in [0.1, 0.15) is 17.4 Å². The van der Waals surface area contributed by atoms with Crippen LogP contribution in [0.4, 0.5) is 10.2 Å². The lowest BCUT2D eigenvalue weighted by Crippen LogP contribution is -2.07. The molecule has 0 bridgehead atoms. The molecule has 5 heteroatoms. The molecule has 0 unspecified atom stereocenters. The third kappa shape index (κ3) is 3.76. The second kappa shape index (κ2) is 5.80. The Morgan fingerprint density at radius 1 is 1.26 bits per heavy atom. The molecule has 0 spiro atoms. The molecule has 2 rings (SSSR count). The monoisotopic (exact) mass is 278 g/mol. The van der Waals surface area contributed by atoms with Crippen molar-refractivity contribution in [1.82, 2.24) is 4.98 Å². The van der Waals surface area contributed by atoms with Gasteiger partial charge in [0.05, 0.1) is 0 Å². The van der Waals surface area contributed by atoms with Crippen LogP contribution in [-0.4, -0.2) is 10.8 Å². The van der Waals surface area contributed by atoms with Crippen LogP contribution in [-0.2, 0) is 17.6 Å². The average Bonchev–Trinajstić information content (AvgIpc) is 2.33. The molecule has 3 nitrogen and oxygen atoms in total. The highest BCUT2D eigenvalue weighted by molar-refractivity contribution is 6.31. The number of Topliss-reactive ketones (excluding diaryl/α,β-unsaturated/α-hetero) is 1. The molecule has 0 fully saturated rings. The SMILES string of the molecule is Nc1cc(CC(=O)Cc2ccc(F)cc2Cl)ccn1. The molecule has 2 aromatic rings. The van der Waals surface area contributed by atoms with Gasteiger partial charge in [-0.15, -0.1) is 0 Å². The first-order valence-electron chi connectivity index (χ1n) is 5.70. The quantitative estimate of drug-likeness (QED) is 0.936. The molecule has 0 atom stereocenters. The summed E-state index contributed by atoms with van der Waals surface area (Å²) in [5, 5.41) is 0.266. The summed E-state index contributed by atoms with van der Waals surface area (Å²) < 4.78 is 12.9. The molecule has 1 aromatic carbocycles. The number of hydrogen-bond donors (Lipinski definition) is 1. The van der Waals surface area contributed by atoms with Gasteiger partial charge in [-0.1, -0.05) is 17.7 Å². The summed E-state index contributed by atoms with van der Waals surface area (Å²) in [5.74, 6) is -0.0488. The highest BCUT2D eigenvalue weighted by Gasteiger charge is 2.09. The smallest absolute Gasteiger partial charge is 0.141 e. The van der Waals surface area contributed by atoms with Gasteiger partial charge in [0.2, 0.25) is 0 Å². The van der Waals surface area contributed by atoms with E-state index >= 15 is 0 Å². The van der Waals surface area contributed by atoms with Gasteiger partial charge in [0, 0.05) is 24.1 Å². The lowest BCUT2D eigenvalue weighted by Gasteiger charge is -2.04. The number of rotatable bonds is 4. The maximum atomic E-state index is 12.9. The number of nitrogens with zero attached hydrogens (tertiary/aromatic N) is 1. The van der Waals surface area contributed by atoms with E-state index in [2.05, 4.69) is 4.98 Å². The van der Waals surface area contributed by atoms with Crippen molar-refractivity contribution in [1.29, 1.82) is 0 Å². The van der Waals surface area contributed by atoms with Crippen LogP contribution >= 0.6 is 11.6 Å². The van der Waals surface area contributed by atoms with E-state index in [1.54, 1.807) is 18.3 Å². The Kier molecular flexibility index (Phi) is 4.12. The van der Waals surface area contributed by atoms with E-state index in [1.165, 1.54) is 18.2 Å². The molecular weight excluding hydrogens is 267 g/mol. The predicted molar refractivity (Wildman–Crippen MR) is 72.5 cm³/mol. The van der Waals surface area contributed by atoms with Crippen molar-refractivity contribution in [2.75, 3.05) is 5.73 Å². The Bertz CT molecular complexity index is 616. The van der Waals surface area contributed by atoms with E-state index in [0.717, 1.165) is 5.56 Å². The molecule has 0 aliphatic rings. The number of carbonyl (C=O) groups is 1. The Hall–Kier alpha value is -1.94. The van der Waals surface area contributed by atoms with Gasteiger partial charge in [-0.2, -0.15) is 0 Å². The maximum Gasteiger partial charge on any atom is 0.141 e. The van der Waals surface area contributed by atoms with Gasteiger partial charge >= 0.3 is 0 Å². The summed E-state index contributed by atoms with van der Waals surface area (Å²) >= 11 is 5.88. The fraction of sp³-hybridized carbons (Fsp3) is 0.143. The Morgan fingerprint density at radius 3 is 2.74 bits per heavy atom. The molecule has 98 valence electrons. The van der Waals surface area contributed by atoms with Crippen LogP contribution in [0.3, 0.4) is 0 Å². The zero-order valence-electron chi connectivity index (χ0n) is 10.1. The van der Waals surface area contributed by atoms with E-state index in [1.807, 2.05) is 0 Å². The van der Waals surface area contributed by atoms with Crippen molar-refractivity contribution in [3.8, 4) is 0 Å². The standard InChI is InChI=1S/C14H12ClFN2O/c15-13-8-11(16)2-1-10(13)7-12(19)5-9-3-4-18-14(17)6-9/h1-4,6,8H,5,7H2,(H2,17,18). The first kappa shape index (κ1) is 13.5. The lowest BCUT2D eigenvalue weighted by molar-refractivity contribution is -0.117. The Labute approximate surface area is 115 Å². The first-order valence-corrected chi connectivity index (χ1v) is 6.08. The van der Waals surface area contributed by atoms with Gasteiger partial charge < -0.3 is 5.73 Å². The number of carbonyl (C=O) groups excluding carboxylic acids is 1. The van der Waals surface area contributed by atoms with E-state index in [0.29, 0.717) is 11.4 Å². The fourth-order valence-electron chi connectivity index (χ4n) is 1.77. The topological polar surface area (TPSA) is 56.0 Å². The predicted octanol–water partition coefficient (Wildman–Crippen LogP) is 2.81. The van der Waals surface area contributed by atoms with Crippen molar-refractivity contribution in [3.05, 3.63) is 58.5 Å². The first-order chi connectivity index (χ1) is 9.04. The number of ketones is 1. The van der Waals surface area contributed by atoms with Crippen molar-refractivity contribution < 1.29 is 9.18 Å². The minimum Gasteiger partial charge on any atom is -0.384 e. The summed E-state index contributed by atoms with van der Waals surface area (Å²) in [7, 11) is 0. The molecule has 19 heavy (non-hydrogen) atoms. The van der Waals surface area contributed by atoms with Crippen molar-refractivity contribution in [2.45, 2.75) is 12.8 Å². The second-order valence-electron chi connectivity index (χ2n) is 4.22. The van der Waals surface area contributed by atoms with Crippen molar-refractivity contribution in [3.63, 3.8) is 0 Å². The molecule has 0 radical (unpaired) electrons. The molecule has 0 amide bonds. The number of pyridine rings is 1. The summed E-state index contributed by atoms with van der Waals surface area (Å²) in [6.45, 7) is 0. The zero-order chi connectivity index (χ0) is 13.8. The lowest BCUT2D eigenvalue weighted by atomic mass is 10.0. The normalized spacial score (nSPS) is 10.4. The summed E-state index contributed by atoms with van der Waals surface area (Å²) in [6.07, 6.45) is 1.98. The number of nitrogens with two attached hydrogens (primary N) is 1. The molecule has 1 aromatic heterocycles. The van der Waals surface area contributed by atoms with Gasteiger partial charge in [-0.25, -0.2) is 9.37 Å². The molecule has 2 N–H and O–H groups in total. The van der Waals surface area contributed by atoms with E-state index in [-0.39, 0.29) is 23.6 Å². The van der Waals surface area contributed by atoms with Crippen LogP contribution in [0, 0.1) is 5.82 Å². The van der Waals surface area contributed by atoms with Crippen LogP contribution in [0.15, 0.2) is 36.5 Å². The summed E-state index contributed by atoms with van der Waals surface area (Å²) in [6, 6.07) is 7.41. The number of aromatic nitrogens is 1. The number of anilines is 1. The van der Waals surface area contributed by atoms with Gasteiger partial charge in [0.25, 0.3) is 0 Å².